The van der Waals surface area contributed by atoms with E-state index in [2.05, 4.69) is 47.7 Å². The lowest BCUT2D eigenvalue weighted by atomic mass is 10.0. The highest BCUT2D eigenvalue weighted by molar-refractivity contribution is 7.99. The Labute approximate surface area is 216 Å². The van der Waals surface area contributed by atoms with Crippen molar-refractivity contribution in [3.8, 4) is 22.5 Å². The van der Waals surface area contributed by atoms with Gasteiger partial charge in [0.2, 0.25) is 5.91 Å². The first-order valence-corrected chi connectivity index (χ1v) is 13.7. The Morgan fingerprint density at radius 3 is 2.46 bits per heavy atom. The van der Waals surface area contributed by atoms with Crippen LogP contribution < -0.4 is 5.32 Å². The van der Waals surface area contributed by atoms with E-state index in [1.54, 1.807) is 11.3 Å². The molecule has 7 nitrogen and oxygen atoms in total. The Kier molecular flexibility index (Phi) is 7.73. The average Bonchev–Trinajstić information content (AvgIpc) is 3.55. The fraction of sp³-hybridized carbons (Fsp3) is 0.280. The summed E-state index contributed by atoms with van der Waals surface area (Å²) in [6.45, 7) is 8.20. The van der Waals surface area contributed by atoms with Crippen molar-refractivity contribution in [2.75, 3.05) is 18.2 Å². The number of carbonyl (C=O) groups excluding carboxylic acids is 2. The normalized spacial score (nSPS) is 11.1. The number of carbonyl (C=O) groups is 2. The van der Waals surface area contributed by atoms with E-state index >= 15 is 0 Å². The summed E-state index contributed by atoms with van der Waals surface area (Å²) in [5, 5.41) is 16.7. The fourth-order valence-corrected chi connectivity index (χ4v) is 6.11. The van der Waals surface area contributed by atoms with Gasteiger partial charge >= 0.3 is 5.97 Å². The van der Waals surface area contributed by atoms with E-state index in [-0.39, 0.29) is 17.7 Å². The number of ether oxygens (including phenoxy) is 1. The second-order valence-corrected chi connectivity index (χ2v) is 11.2. The van der Waals surface area contributed by atoms with Gasteiger partial charge in [0.25, 0.3) is 0 Å². The van der Waals surface area contributed by atoms with E-state index in [9.17, 15) is 9.59 Å². The summed E-state index contributed by atoms with van der Waals surface area (Å²) in [4.78, 5) is 26.7. The quantitative estimate of drug-likeness (QED) is 0.210. The highest BCUT2D eigenvalue weighted by Gasteiger charge is 2.23. The fourth-order valence-electron chi connectivity index (χ4n) is 3.59. The molecule has 0 atom stereocenters. The molecule has 0 aliphatic rings. The molecule has 0 radical (unpaired) electrons. The van der Waals surface area contributed by atoms with E-state index in [1.807, 2.05) is 41.1 Å². The molecule has 3 heterocycles. The van der Waals surface area contributed by atoms with Crippen LogP contribution in [0, 0.1) is 13.8 Å². The first-order chi connectivity index (χ1) is 16.8. The Morgan fingerprint density at radius 1 is 1.09 bits per heavy atom. The summed E-state index contributed by atoms with van der Waals surface area (Å²) in [5.74, 6) is 0.205. The van der Waals surface area contributed by atoms with Gasteiger partial charge in [-0.3, -0.25) is 9.36 Å². The summed E-state index contributed by atoms with van der Waals surface area (Å²) in [5.41, 5.74) is 4.14. The van der Waals surface area contributed by atoms with Crippen LogP contribution in [-0.2, 0) is 9.53 Å². The Bertz CT molecular complexity index is 1350. The number of hydrogen-bond acceptors (Lipinski definition) is 8. The second kappa shape index (κ2) is 10.8. The van der Waals surface area contributed by atoms with Crippen LogP contribution >= 0.6 is 34.4 Å². The number of aryl methyl sites for hydroxylation is 2. The number of methoxy groups -OCH3 is 1. The van der Waals surface area contributed by atoms with Crippen LogP contribution in [0.2, 0.25) is 0 Å². The smallest absolute Gasteiger partial charge is 0.341 e. The molecule has 182 valence electrons. The van der Waals surface area contributed by atoms with Gasteiger partial charge in [-0.1, -0.05) is 41.6 Å². The zero-order valence-electron chi connectivity index (χ0n) is 20.1. The van der Waals surface area contributed by atoms with Crippen molar-refractivity contribution in [2.24, 2.45) is 0 Å². The third-order valence-corrected chi connectivity index (χ3v) is 8.00. The van der Waals surface area contributed by atoms with Gasteiger partial charge < -0.3 is 10.1 Å². The summed E-state index contributed by atoms with van der Waals surface area (Å²) in [6, 6.07) is 10.1. The number of nitrogens with one attached hydrogen (secondary N) is 1. The van der Waals surface area contributed by atoms with Crippen molar-refractivity contribution < 1.29 is 14.3 Å². The van der Waals surface area contributed by atoms with E-state index in [0.717, 1.165) is 28.1 Å². The molecule has 3 aromatic heterocycles. The molecule has 0 unspecified atom stereocenters. The minimum atomic E-state index is -0.486. The molecule has 0 saturated heterocycles. The van der Waals surface area contributed by atoms with Crippen molar-refractivity contribution in [1.29, 1.82) is 0 Å². The molecule has 0 aliphatic heterocycles. The van der Waals surface area contributed by atoms with Crippen molar-refractivity contribution >= 4 is 51.3 Å². The minimum Gasteiger partial charge on any atom is -0.465 e. The second-order valence-electron chi connectivity index (χ2n) is 8.26. The SMILES string of the molecule is COC(=O)c1c(-c2ccc(C)cc2)csc1NC(=O)CSc1nnc(-c2csc(C)c2)n1C(C)C. The molecular weight excluding hydrogens is 501 g/mol. The molecule has 0 bridgehead atoms. The van der Waals surface area contributed by atoms with Gasteiger partial charge in [-0.05, 0) is 39.3 Å². The number of anilines is 1. The van der Waals surface area contributed by atoms with Crippen LogP contribution in [0.15, 0.2) is 46.2 Å². The maximum absolute atomic E-state index is 12.9. The lowest BCUT2D eigenvalue weighted by Gasteiger charge is -2.13. The summed E-state index contributed by atoms with van der Waals surface area (Å²) < 4.78 is 7.05. The predicted octanol–water partition coefficient (Wildman–Crippen LogP) is 6.45. The average molecular weight is 527 g/mol. The Balaban J connectivity index is 1.52. The van der Waals surface area contributed by atoms with Gasteiger partial charge in [0.05, 0.1) is 12.9 Å². The minimum absolute atomic E-state index is 0.131. The number of aromatic nitrogens is 3. The summed E-state index contributed by atoms with van der Waals surface area (Å²) in [7, 11) is 1.34. The number of thioether (sulfide) groups is 1. The molecule has 0 spiro atoms. The first kappa shape index (κ1) is 25.2. The highest BCUT2D eigenvalue weighted by atomic mass is 32.2. The number of rotatable bonds is 8. The van der Waals surface area contributed by atoms with Gasteiger partial charge in [0.15, 0.2) is 11.0 Å². The summed E-state index contributed by atoms with van der Waals surface area (Å²) in [6.07, 6.45) is 0. The molecular formula is C25H26N4O3S3. The summed E-state index contributed by atoms with van der Waals surface area (Å²) >= 11 is 4.29. The van der Waals surface area contributed by atoms with Crippen LogP contribution in [0.3, 0.4) is 0 Å². The molecule has 4 rings (SSSR count). The third kappa shape index (κ3) is 5.50. The molecule has 35 heavy (non-hydrogen) atoms. The van der Waals surface area contributed by atoms with E-state index in [1.165, 1.54) is 35.1 Å². The molecule has 10 heteroatoms. The van der Waals surface area contributed by atoms with Crippen LogP contribution in [-0.4, -0.2) is 39.5 Å². The number of esters is 1. The number of thiophene rings is 2. The highest BCUT2D eigenvalue weighted by Crippen LogP contribution is 2.37. The molecule has 0 aliphatic carbocycles. The van der Waals surface area contributed by atoms with E-state index in [0.29, 0.717) is 15.7 Å². The van der Waals surface area contributed by atoms with E-state index in [4.69, 9.17) is 4.74 Å². The topological polar surface area (TPSA) is 86.1 Å². The maximum atomic E-state index is 12.9. The van der Waals surface area contributed by atoms with E-state index < -0.39 is 5.97 Å². The van der Waals surface area contributed by atoms with Gasteiger partial charge in [-0.2, -0.15) is 0 Å². The van der Waals surface area contributed by atoms with Crippen LogP contribution in [0.4, 0.5) is 5.00 Å². The zero-order chi connectivity index (χ0) is 25.1. The van der Waals surface area contributed by atoms with Crippen molar-refractivity contribution in [1.82, 2.24) is 14.8 Å². The Morgan fingerprint density at radius 2 is 1.83 bits per heavy atom. The van der Waals surface area contributed by atoms with Crippen molar-refractivity contribution in [3.63, 3.8) is 0 Å². The molecule has 1 aromatic carbocycles. The van der Waals surface area contributed by atoms with Gasteiger partial charge in [0.1, 0.15) is 10.6 Å². The predicted molar refractivity (Wildman–Crippen MR) is 144 cm³/mol. The lowest BCUT2D eigenvalue weighted by molar-refractivity contribution is -0.113. The maximum Gasteiger partial charge on any atom is 0.341 e. The largest absolute Gasteiger partial charge is 0.465 e. The molecule has 1 N–H and O–H groups in total. The molecule has 0 saturated carbocycles. The van der Waals surface area contributed by atoms with Crippen molar-refractivity contribution in [3.05, 3.63) is 57.1 Å². The number of benzene rings is 1. The van der Waals surface area contributed by atoms with Gasteiger partial charge in [-0.25, -0.2) is 4.79 Å². The van der Waals surface area contributed by atoms with Crippen LogP contribution in [0.25, 0.3) is 22.5 Å². The molecule has 1 amide bonds. The first-order valence-electron chi connectivity index (χ1n) is 11.0. The number of amides is 1. The molecule has 0 fully saturated rings. The Hall–Kier alpha value is -2.95. The molecule has 4 aromatic rings. The lowest BCUT2D eigenvalue weighted by Crippen LogP contribution is -2.16. The standard InChI is InChI=1S/C25H26N4O3S3/c1-14(2)29-22(18-10-16(4)33-11-18)27-28-25(29)35-13-20(30)26-23-21(24(31)32-5)19(12-34-23)17-8-6-15(3)7-9-17/h6-12,14H,13H2,1-5H3,(H,26,30). The van der Waals surface area contributed by atoms with Crippen LogP contribution in [0.1, 0.15) is 40.7 Å². The van der Waals surface area contributed by atoms with Gasteiger partial charge in [0, 0.05) is 32.8 Å². The van der Waals surface area contributed by atoms with Crippen LogP contribution in [0.5, 0.6) is 0 Å². The van der Waals surface area contributed by atoms with Crippen molar-refractivity contribution in [2.45, 2.75) is 38.9 Å². The number of nitrogens with zero attached hydrogens (tertiary/aromatic N) is 3. The third-order valence-electron chi connectivity index (χ3n) is 5.30. The zero-order valence-corrected chi connectivity index (χ0v) is 22.6. The monoisotopic (exact) mass is 526 g/mol. The van der Waals surface area contributed by atoms with Gasteiger partial charge in [-0.15, -0.1) is 32.9 Å². The number of hydrogen-bond donors (Lipinski definition) is 1.